The molecule has 0 saturated carbocycles. The van der Waals surface area contributed by atoms with Gasteiger partial charge in [0.15, 0.2) is 0 Å². The standard InChI is InChI=1S/C28H25F3N4O3/c1-34-25(19-6-3-7-20(16-19)28(29,30)31)33-24-22(9-4-10-23(24)27(34)37)26(36)32-21-8-2-5-18(15-21)17-35-11-13-38-14-12-35/h2-10,15-16H,11-14,17H2,1H3,(H,32,36). The Morgan fingerprint density at radius 2 is 1.76 bits per heavy atom. The Balaban J connectivity index is 1.49. The number of amides is 1. The summed E-state index contributed by atoms with van der Waals surface area (Å²) in [5, 5.41) is 3.06. The molecule has 196 valence electrons. The van der Waals surface area contributed by atoms with Crippen molar-refractivity contribution >= 4 is 22.5 Å². The molecule has 38 heavy (non-hydrogen) atoms. The highest BCUT2D eigenvalue weighted by atomic mass is 19.4. The maximum Gasteiger partial charge on any atom is 0.416 e. The van der Waals surface area contributed by atoms with E-state index in [4.69, 9.17) is 4.74 Å². The number of aromatic nitrogens is 2. The first-order valence-electron chi connectivity index (χ1n) is 12.1. The summed E-state index contributed by atoms with van der Waals surface area (Å²) in [5.74, 6) is -0.448. The van der Waals surface area contributed by atoms with Crippen molar-refractivity contribution in [1.82, 2.24) is 14.5 Å². The van der Waals surface area contributed by atoms with Gasteiger partial charge >= 0.3 is 6.18 Å². The Morgan fingerprint density at radius 3 is 2.53 bits per heavy atom. The molecule has 1 N–H and O–H groups in total. The molecule has 0 unspecified atom stereocenters. The molecule has 1 aliphatic rings. The number of carbonyl (C=O) groups excluding carboxylic acids is 1. The maximum atomic E-state index is 13.3. The van der Waals surface area contributed by atoms with Crippen LogP contribution in [0.25, 0.3) is 22.3 Å². The van der Waals surface area contributed by atoms with Crippen molar-refractivity contribution in [2.75, 3.05) is 31.6 Å². The van der Waals surface area contributed by atoms with Gasteiger partial charge in [0.2, 0.25) is 0 Å². The molecule has 0 radical (unpaired) electrons. The number of nitrogens with zero attached hydrogens (tertiary/aromatic N) is 3. The summed E-state index contributed by atoms with van der Waals surface area (Å²) < 4.78 is 46.5. The molecule has 0 aliphatic carbocycles. The van der Waals surface area contributed by atoms with Crippen LogP contribution in [0.1, 0.15) is 21.5 Å². The highest BCUT2D eigenvalue weighted by Crippen LogP contribution is 2.32. The van der Waals surface area contributed by atoms with E-state index in [-0.39, 0.29) is 27.9 Å². The maximum absolute atomic E-state index is 13.3. The van der Waals surface area contributed by atoms with Gasteiger partial charge in [0, 0.05) is 37.9 Å². The quantitative estimate of drug-likeness (QED) is 0.411. The monoisotopic (exact) mass is 522 g/mol. The van der Waals surface area contributed by atoms with Crippen LogP contribution in [0.15, 0.2) is 71.5 Å². The zero-order valence-corrected chi connectivity index (χ0v) is 20.6. The van der Waals surface area contributed by atoms with Gasteiger partial charge in [-0.25, -0.2) is 4.98 Å². The SMILES string of the molecule is Cn1c(-c2cccc(C(F)(F)F)c2)nc2c(C(=O)Nc3cccc(CN4CCOCC4)c3)cccc2c1=O. The van der Waals surface area contributed by atoms with Crippen molar-refractivity contribution in [2.45, 2.75) is 12.7 Å². The van der Waals surface area contributed by atoms with Crippen LogP contribution >= 0.6 is 0 Å². The van der Waals surface area contributed by atoms with Crippen molar-refractivity contribution in [2.24, 2.45) is 7.05 Å². The molecule has 1 saturated heterocycles. The lowest BCUT2D eigenvalue weighted by Crippen LogP contribution is -2.35. The summed E-state index contributed by atoms with van der Waals surface area (Å²) in [6, 6.07) is 16.8. The number of ether oxygens (including phenoxy) is 1. The van der Waals surface area contributed by atoms with Crippen LogP contribution in [-0.4, -0.2) is 46.7 Å². The molecule has 10 heteroatoms. The van der Waals surface area contributed by atoms with Gasteiger partial charge in [-0.2, -0.15) is 13.2 Å². The van der Waals surface area contributed by atoms with Crippen molar-refractivity contribution in [3.8, 4) is 11.4 Å². The number of hydrogen-bond acceptors (Lipinski definition) is 5. The van der Waals surface area contributed by atoms with Crippen LogP contribution in [0.3, 0.4) is 0 Å². The van der Waals surface area contributed by atoms with E-state index in [1.807, 2.05) is 18.2 Å². The fourth-order valence-corrected chi connectivity index (χ4v) is 4.53. The molecule has 7 nitrogen and oxygen atoms in total. The molecule has 1 fully saturated rings. The lowest BCUT2D eigenvalue weighted by molar-refractivity contribution is -0.137. The van der Waals surface area contributed by atoms with E-state index in [2.05, 4.69) is 15.2 Å². The number of carbonyl (C=O) groups is 1. The fourth-order valence-electron chi connectivity index (χ4n) is 4.53. The number of rotatable bonds is 5. The van der Waals surface area contributed by atoms with E-state index in [9.17, 15) is 22.8 Å². The van der Waals surface area contributed by atoms with Gasteiger partial charge in [-0.15, -0.1) is 0 Å². The third-order valence-corrected chi connectivity index (χ3v) is 6.49. The van der Waals surface area contributed by atoms with Gasteiger partial charge in [0.25, 0.3) is 11.5 Å². The second kappa shape index (κ2) is 10.4. The third-order valence-electron chi connectivity index (χ3n) is 6.49. The number of benzene rings is 3. The summed E-state index contributed by atoms with van der Waals surface area (Å²) in [5.41, 5.74) is 0.669. The molecule has 2 heterocycles. The highest BCUT2D eigenvalue weighted by Gasteiger charge is 2.31. The van der Waals surface area contributed by atoms with Crippen LogP contribution in [-0.2, 0) is 24.5 Å². The summed E-state index contributed by atoms with van der Waals surface area (Å²) in [6.07, 6.45) is -4.55. The minimum absolute atomic E-state index is 0.0290. The second-order valence-corrected chi connectivity index (χ2v) is 9.12. The van der Waals surface area contributed by atoms with Crippen LogP contribution in [0.2, 0.25) is 0 Å². The lowest BCUT2D eigenvalue weighted by atomic mass is 10.1. The highest BCUT2D eigenvalue weighted by molar-refractivity contribution is 6.12. The molecular formula is C28H25F3N4O3. The molecule has 0 atom stereocenters. The first kappa shape index (κ1) is 25.6. The number of fused-ring (bicyclic) bond motifs is 1. The van der Waals surface area contributed by atoms with E-state index < -0.39 is 23.2 Å². The van der Waals surface area contributed by atoms with Crippen LogP contribution < -0.4 is 10.9 Å². The smallest absolute Gasteiger partial charge is 0.379 e. The number of alkyl halides is 3. The van der Waals surface area contributed by atoms with Crippen LogP contribution in [0, 0.1) is 0 Å². The van der Waals surface area contributed by atoms with E-state index in [0.29, 0.717) is 18.9 Å². The van der Waals surface area contributed by atoms with Gasteiger partial charge in [-0.1, -0.05) is 30.3 Å². The molecule has 1 amide bonds. The number of halogens is 3. The van der Waals surface area contributed by atoms with Crippen molar-refractivity contribution in [3.63, 3.8) is 0 Å². The van der Waals surface area contributed by atoms with Gasteiger partial charge in [0.1, 0.15) is 5.82 Å². The van der Waals surface area contributed by atoms with E-state index >= 15 is 0 Å². The second-order valence-electron chi connectivity index (χ2n) is 9.12. The van der Waals surface area contributed by atoms with E-state index in [1.165, 1.54) is 29.8 Å². The molecule has 5 rings (SSSR count). The fraction of sp³-hybridized carbons (Fsp3) is 0.250. The molecule has 0 bridgehead atoms. The lowest BCUT2D eigenvalue weighted by Gasteiger charge is -2.26. The predicted molar refractivity (Wildman–Crippen MR) is 138 cm³/mol. The Labute approximate surface area is 216 Å². The third kappa shape index (κ3) is 5.32. The van der Waals surface area contributed by atoms with Crippen LogP contribution in [0.4, 0.5) is 18.9 Å². The average Bonchev–Trinajstić information content (AvgIpc) is 2.91. The van der Waals surface area contributed by atoms with Crippen LogP contribution in [0.5, 0.6) is 0 Å². The number of nitrogens with one attached hydrogen (secondary N) is 1. The number of morpholine rings is 1. The molecule has 1 aliphatic heterocycles. The van der Waals surface area contributed by atoms with Gasteiger partial charge in [-0.3, -0.25) is 19.1 Å². The van der Waals surface area contributed by atoms with Gasteiger partial charge < -0.3 is 10.1 Å². The summed E-state index contributed by atoms with van der Waals surface area (Å²) in [4.78, 5) is 33.2. The summed E-state index contributed by atoms with van der Waals surface area (Å²) in [6.45, 7) is 3.76. The minimum Gasteiger partial charge on any atom is -0.379 e. The Kier molecular flexibility index (Phi) is 7.00. The first-order valence-corrected chi connectivity index (χ1v) is 12.1. The zero-order valence-electron chi connectivity index (χ0n) is 20.6. The number of anilines is 1. The molecule has 0 spiro atoms. The molecular weight excluding hydrogens is 497 g/mol. The first-order chi connectivity index (χ1) is 18.2. The Morgan fingerprint density at radius 1 is 1.03 bits per heavy atom. The Bertz CT molecular complexity index is 1560. The molecule has 3 aromatic carbocycles. The normalized spacial score (nSPS) is 14.5. The summed E-state index contributed by atoms with van der Waals surface area (Å²) in [7, 11) is 1.44. The number of para-hydroxylation sites is 1. The van der Waals surface area contributed by atoms with Crippen molar-refractivity contribution in [1.29, 1.82) is 0 Å². The van der Waals surface area contributed by atoms with Crippen molar-refractivity contribution < 1.29 is 22.7 Å². The van der Waals surface area contributed by atoms with E-state index in [1.54, 1.807) is 18.2 Å². The Hall–Kier alpha value is -4.02. The topological polar surface area (TPSA) is 76.5 Å². The predicted octanol–water partition coefficient (Wildman–Crippen LogP) is 4.70. The minimum atomic E-state index is -4.55. The van der Waals surface area contributed by atoms with E-state index in [0.717, 1.165) is 37.3 Å². The van der Waals surface area contributed by atoms with Crippen molar-refractivity contribution in [3.05, 3.63) is 93.8 Å². The zero-order chi connectivity index (χ0) is 26.9. The van der Waals surface area contributed by atoms with Gasteiger partial charge in [-0.05, 0) is 42.0 Å². The molecule has 4 aromatic rings. The van der Waals surface area contributed by atoms with Gasteiger partial charge in [0.05, 0.1) is 35.2 Å². The number of hydrogen-bond donors (Lipinski definition) is 1. The largest absolute Gasteiger partial charge is 0.416 e. The average molecular weight is 523 g/mol. The summed E-state index contributed by atoms with van der Waals surface area (Å²) >= 11 is 0. The molecule has 1 aromatic heterocycles.